The normalized spacial score (nSPS) is 10.0. The Hall–Kier alpha value is -1.35. The highest BCUT2D eigenvalue weighted by Gasteiger charge is 2.01. The maximum absolute atomic E-state index is 10.9. The van der Waals surface area contributed by atoms with Crippen molar-refractivity contribution in [1.29, 1.82) is 0 Å². The van der Waals surface area contributed by atoms with Crippen molar-refractivity contribution in [3.8, 4) is 5.75 Å². The second kappa shape index (κ2) is 6.19. The van der Waals surface area contributed by atoms with Gasteiger partial charge in [-0.05, 0) is 31.0 Å². The molecule has 0 aliphatic heterocycles. The molecule has 0 spiro atoms. The van der Waals surface area contributed by atoms with Gasteiger partial charge in [0.05, 0.1) is 6.61 Å². The second-order valence-corrected chi connectivity index (χ2v) is 3.28. The third-order valence-corrected chi connectivity index (χ3v) is 2.08. The number of aliphatic hydroxyl groups excluding tert-OH is 1. The molecule has 0 atom stereocenters. The first-order valence-electron chi connectivity index (χ1n) is 5.10. The summed E-state index contributed by atoms with van der Waals surface area (Å²) in [5.41, 5.74) is 1.06. The van der Waals surface area contributed by atoms with Crippen LogP contribution in [0.1, 0.15) is 18.9 Å². The van der Waals surface area contributed by atoms with Gasteiger partial charge >= 0.3 is 0 Å². The second-order valence-electron chi connectivity index (χ2n) is 3.28. The fourth-order valence-electron chi connectivity index (χ4n) is 1.32. The van der Waals surface area contributed by atoms with Crippen molar-refractivity contribution in [2.45, 2.75) is 19.8 Å². The zero-order chi connectivity index (χ0) is 11.1. The van der Waals surface area contributed by atoms with Gasteiger partial charge in [-0.1, -0.05) is 12.1 Å². The molecule has 0 aliphatic rings. The highest BCUT2D eigenvalue weighted by Crippen LogP contribution is 2.14. The third kappa shape index (κ3) is 4.13. The van der Waals surface area contributed by atoms with Gasteiger partial charge in [0.2, 0.25) is 0 Å². The zero-order valence-electron chi connectivity index (χ0n) is 8.90. The molecule has 0 unspecified atom stereocenters. The topological polar surface area (TPSA) is 46.5 Å². The van der Waals surface area contributed by atoms with Crippen LogP contribution in [0.3, 0.4) is 0 Å². The molecule has 1 rings (SSSR count). The molecule has 0 heterocycles. The molecule has 0 radical (unpaired) electrons. The van der Waals surface area contributed by atoms with E-state index in [-0.39, 0.29) is 12.4 Å². The van der Waals surface area contributed by atoms with Crippen LogP contribution >= 0.6 is 0 Å². The van der Waals surface area contributed by atoms with E-state index in [0.29, 0.717) is 19.4 Å². The minimum absolute atomic E-state index is 0.128. The maximum atomic E-state index is 10.9. The number of rotatable bonds is 6. The molecule has 3 heteroatoms. The summed E-state index contributed by atoms with van der Waals surface area (Å²) in [4.78, 5) is 10.9. The minimum atomic E-state index is -0.370. The van der Waals surface area contributed by atoms with Gasteiger partial charge in [-0.25, -0.2) is 0 Å². The van der Waals surface area contributed by atoms with Gasteiger partial charge < -0.3 is 9.84 Å². The Morgan fingerprint density at radius 2 is 2.27 bits per heavy atom. The van der Waals surface area contributed by atoms with Crippen molar-refractivity contribution in [3.05, 3.63) is 29.8 Å². The quantitative estimate of drug-likeness (QED) is 0.772. The van der Waals surface area contributed by atoms with E-state index in [1.165, 1.54) is 0 Å². The van der Waals surface area contributed by atoms with E-state index in [0.717, 1.165) is 11.3 Å². The molecule has 0 aliphatic carbocycles. The van der Waals surface area contributed by atoms with Gasteiger partial charge in [-0.3, -0.25) is 4.79 Å². The van der Waals surface area contributed by atoms with Crippen LogP contribution in [0.2, 0.25) is 0 Å². The number of ether oxygens (including phenoxy) is 1. The van der Waals surface area contributed by atoms with Gasteiger partial charge in [-0.15, -0.1) is 0 Å². The van der Waals surface area contributed by atoms with Crippen molar-refractivity contribution in [3.63, 3.8) is 0 Å². The van der Waals surface area contributed by atoms with Crippen LogP contribution in [0.5, 0.6) is 5.75 Å². The lowest BCUT2D eigenvalue weighted by molar-refractivity contribution is -0.121. The summed E-state index contributed by atoms with van der Waals surface area (Å²) in [6, 6.07) is 7.67. The van der Waals surface area contributed by atoms with E-state index in [1.54, 1.807) is 0 Å². The number of carbonyl (C=O) groups excluding carboxylic acids is 1. The molecule has 0 saturated carbocycles. The number of ketones is 1. The first-order valence-corrected chi connectivity index (χ1v) is 5.10. The molecule has 0 fully saturated rings. The predicted octanol–water partition coefficient (Wildman–Crippen LogP) is 1.58. The fraction of sp³-hybridized carbons (Fsp3) is 0.417. The van der Waals surface area contributed by atoms with Crippen LogP contribution in [-0.4, -0.2) is 24.1 Å². The largest absolute Gasteiger partial charge is 0.494 e. The average molecular weight is 208 g/mol. The summed E-state index contributed by atoms with van der Waals surface area (Å²) in [5.74, 6) is 0.697. The van der Waals surface area contributed by atoms with Gasteiger partial charge in [0.25, 0.3) is 0 Å². The molecule has 0 amide bonds. The average Bonchev–Trinajstić information content (AvgIpc) is 2.27. The Bertz CT molecular complexity index is 320. The van der Waals surface area contributed by atoms with Gasteiger partial charge in [0, 0.05) is 6.42 Å². The number of carbonyl (C=O) groups is 1. The van der Waals surface area contributed by atoms with Gasteiger partial charge in [0.1, 0.15) is 12.4 Å². The Labute approximate surface area is 89.7 Å². The van der Waals surface area contributed by atoms with Gasteiger partial charge in [-0.2, -0.15) is 0 Å². The van der Waals surface area contributed by atoms with Crippen molar-refractivity contribution in [2.75, 3.05) is 13.2 Å². The number of hydrogen-bond donors (Lipinski definition) is 1. The van der Waals surface area contributed by atoms with Crippen LogP contribution in [0.25, 0.3) is 0 Å². The lowest BCUT2D eigenvalue weighted by Gasteiger charge is -2.05. The van der Waals surface area contributed by atoms with E-state index >= 15 is 0 Å². The summed E-state index contributed by atoms with van der Waals surface area (Å²) in [6.45, 7) is 2.20. The van der Waals surface area contributed by atoms with Crippen LogP contribution < -0.4 is 4.74 Å². The van der Waals surface area contributed by atoms with Crippen LogP contribution in [-0.2, 0) is 11.2 Å². The third-order valence-electron chi connectivity index (χ3n) is 2.08. The smallest absolute Gasteiger partial charge is 0.158 e. The lowest BCUT2D eigenvalue weighted by atomic mass is 10.1. The lowest BCUT2D eigenvalue weighted by Crippen LogP contribution is -2.04. The van der Waals surface area contributed by atoms with Crippen LogP contribution in [0, 0.1) is 0 Å². The molecule has 0 saturated heterocycles. The van der Waals surface area contributed by atoms with Crippen molar-refractivity contribution < 1.29 is 14.6 Å². The standard InChI is InChI=1S/C12H16O3/c1-2-15-12-5-3-4-10(8-12)6-7-11(14)9-13/h3-5,8,13H,2,6-7,9H2,1H3. The monoisotopic (exact) mass is 208 g/mol. The van der Waals surface area contributed by atoms with E-state index in [1.807, 2.05) is 31.2 Å². The Kier molecular flexibility index (Phi) is 4.84. The molecular formula is C12H16O3. The first kappa shape index (κ1) is 11.7. The first-order chi connectivity index (χ1) is 7.26. The highest BCUT2D eigenvalue weighted by atomic mass is 16.5. The van der Waals surface area contributed by atoms with Crippen molar-refractivity contribution in [1.82, 2.24) is 0 Å². The predicted molar refractivity (Wildman–Crippen MR) is 58.0 cm³/mol. The Morgan fingerprint density at radius 3 is 2.93 bits per heavy atom. The number of benzene rings is 1. The molecule has 3 nitrogen and oxygen atoms in total. The fourth-order valence-corrected chi connectivity index (χ4v) is 1.32. The van der Waals surface area contributed by atoms with Gasteiger partial charge in [0.15, 0.2) is 5.78 Å². The summed E-state index contributed by atoms with van der Waals surface area (Å²) in [5, 5.41) is 8.58. The van der Waals surface area contributed by atoms with Crippen LogP contribution in [0.4, 0.5) is 0 Å². The van der Waals surface area contributed by atoms with E-state index in [2.05, 4.69) is 0 Å². The molecule has 1 aromatic carbocycles. The number of hydrogen-bond acceptors (Lipinski definition) is 3. The molecule has 0 bridgehead atoms. The maximum Gasteiger partial charge on any atom is 0.158 e. The molecule has 82 valence electrons. The number of aryl methyl sites for hydroxylation is 1. The molecule has 1 aromatic rings. The van der Waals surface area contributed by atoms with Crippen molar-refractivity contribution in [2.24, 2.45) is 0 Å². The van der Waals surface area contributed by atoms with E-state index in [4.69, 9.17) is 9.84 Å². The summed E-state index contributed by atoms with van der Waals surface area (Å²) < 4.78 is 5.35. The highest BCUT2D eigenvalue weighted by molar-refractivity contribution is 5.79. The Balaban J connectivity index is 2.53. The summed E-state index contributed by atoms with van der Waals surface area (Å²) in [6.07, 6.45) is 1.03. The van der Waals surface area contributed by atoms with E-state index < -0.39 is 0 Å². The van der Waals surface area contributed by atoms with E-state index in [9.17, 15) is 4.79 Å². The van der Waals surface area contributed by atoms with Crippen molar-refractivity contribution >= 4 is 5.78 Å². The zero-order valence-corrected chi connectivity index (χ0v) is 8.90. The molecular weight excluding hydrogens is 192 g/mol. The molecule has 0 aromatic heterocycles. The summed E-state index contributed by atoms with van der Waals surface area (Å²) >= 11 is 0. The van der Waals surface area contributed by atoms with Crippen LogP contribution in [0.15, 0.2) is 24.3 Å². The molecule has 15 heavy (non-hydrogen) atoms. The number of Topliss-reactive ketones (excluding diaryl/α,β-unsaturated/α-hetero) is 1. The SMILES string of the molecule is CCOc1cccc(CCC(=O)CO)c1. The minimum Gasteiger partial charge on any atom is -0.494 e. The Morgan fingerprint density at radius 1 is 1.47 bits per heavy atom. The number of aliphatic hydroxyl groups is 1. The molecule has 1 N–H and O–H groups in total. The summed E-state index contributed by atoms with van der Waals surface area (Å²) in [7, 11) is 0.